The molecule has 0 aliphatic rings. The Bertz CT molecular complexity index is 338. The van der Waals surface area contributed by atoms with Crippen LogP contribution in [0.4, 0.5) is 0 Å². The van der Waals surface area contributed by atoms with E-state index in [4.69, 9.17) is 0 Å². The first kappa shape index (κ1) is 15.7. The van der Waals surface area contributed by atoms with Crippen LogP contribution in [0.15, 0.2) is 28.7 Å². The van der Waals surface area contributed by atoms with Crippen LogP contribution in [0.5, 0.6) is 0 Å². The molecule has 2 heteroatoms. The molecule has 0 fully saturated rings. The lowest BCUT2D eigenvalue weighted by atomic mass is 9.94. The van der Waals surface area contributed by atoms with E-state index in [2.05, 4.69) is 66.3 Å². The van der Waals surface area contributed by atoms with Crippen LogP contribution < -0.4 is 5.32 Å². The zero-order chi connectivity index (χ0) is 13.4. The molecule has 1 N–H and O–H groups in total. The molecule has 2 unspecified atom stereocenters. The predicted molar refractivity (Wildman–Crippen MR) is 84.0 cm³/mol. The summed E-state index contributed by atoms with van der Waals surface area (Å²) in [5, 5.41) is 3.69. The second-order valence-electron chi connectivity index (χ2n) is 5.23. The van der Waals surface area contributed by atoms with Crippen molar-refractivity contribution >= 4 is 15.9 Å². The van der Waals surface area contributed by atoms with Crippen molar-refractivity contribution in [1.82, 2.24) is 5.32 Å². The predicted octanol–water partition coefficient (Wildman–Crippen LogP) is 4.80. The summed E-state index contributed by atoms with van der Waals surface area (Å²) in [6, 6.07) is 9.28. The molecule has 1 nitrogen and oxygen atoms in total. The van der Waals surface area contributed by atoms with Crippen LogP contribution in [-0.2, 0) is 6.42 Å². The van der Waals surface area contributed by atoms with Crippen molar-refractivity contribution in [2.24, 2.45) is 5.92 Å². The first-order chi connectivity index (χ1) is 8.65. The van der Waals surface area contributed by atoms with Gasteiger partial charge in [0.05, 0.1) is 0 Å². The van der Waals surface area contributed by atoms with Crippen molar-refractivity contribution in [2.45, 2.75) is 52.5 Å². The minimum atomic E-state index is 0.606. The molecular weight excluding hydrogens is 286 g/mol. The normalized spacial score (nSPS) is 14.4. The van der Waals surface area contributed by atoms with Gasteiger partial charge in [0.15, 0.2) is 0 Å². The van der Waals surface area contributed by atoms with Gasteiger partial charge in [-0.15, -0.1) is 0 Å². The molecule has 0 radical (unpaired) electrons. The summed E-state index contributed by atoms with van der Waals surface area (Å²) in [4.78, 5) is 0. The maximum atomic E-state index is 3.69. The lowest BCUT2D eigenvalue weighted by Crippen LogP contribution is -2.33. The molecule has 0 saturated carbocycles. The van der Waals surface area contributed by atoms with Crippen LogP contribution >= 0.6 is 15.9 Å². The smallest absolute Gasteiger partial charge is 0.0178 e. The molecule has 0 aliphatic heterocycles. The molecule has 0 spiro atoms. The summed E-state index contributed by atoms with van der Waals surface area (Å²) in [6.07, 6.45) is 4.87. The first-order valence-electron chi connectivity index (χ1n) is 7.13. The van der Waals surface area contributed by atoms with Gasteiger partial charge in [-0.3, -0.25) is 0 Å². The minimum Gasteiger partial charge on any atom is -0.314 e. The van der Waals surface area contributed by atoms with E-state index in [1.807, 2.05) is 0 Å². The molecule has 0 aromatic heterocycles. The van der Waals surface area contributed by atoms with E-state index in [0.717, 1.165) is 18.9 Å². The molecule has 1 aromatic rings. The third-order valence-electron chi connectivity index (χ3n) is 3.44. The van der Waals surface area contributed by atoms with Gasteiger partial charge in [0.2, 0.25) is 0 Å². The zero-order valence-electron chi connectivity index (χ0n) is 11.9. The van der Waals surface area contributed by atoms with Gasteiger partial charge in [0.1, 0.15) is 0 Å². The van der Waals surface area contributed by atoms with Crippen molar-refractivity contribution < 1.29 is 0 Å². The third-order valence-corrected chi connectivity index (χ3v) is 3.93. The maximum Gasteiger partial charge on any atom is 0.0178 e. The summed E-state index contributed by atoms with van der Waals surface area (Å²) in [5.74, 6) is 0.798. The molecule has 0 aliphatic carbocycles. The van der Waals surface area contributed by atoms with Gasteiger partial charge in [-0.1, -0.05) is 55.3 Å². The Morgan fingerprint density at radius 2 is 2.06 bits per heavy atom. The fraction of sp³-hybridized carbons (Fsp3) is 0.625. The van der Waals surface area contributed by atoms with E-state index in [1.165, 1.54) is 29.3 Å². The Hall–Kier alpha value is -0.340. The van der Waals surface area contributed by atoms with Gasteiger partial charge in [-0.05, 0) is 49.4 Å². The molecule has 0 bridgehead atoms. The van der Waals surface area contributed by atoms with Gasteiger partial charge >= 0.3 is 0 Å². The second kappa shape index (κ2) is 8.71. The number of hydrogen-bond acceptors (Lipinski definition) is 1. The highest BCUT2D eigenvalue weighted by Gasteiger charge is 2.12. The molecule has 2 atom stereocenters. The summed E-state index contributed by atoms with van der Waals surface area (Å²) in [5.41, 5.74) is 1.42. The van der Waals surface area contributed by atoms with Crippen molar-refractivity contribution in [2.75, 3.05) is 6.54 Å². The van der Waals surface area contributed by atoms with E-state index in [9.17, 15) is 0 Å². The molecule has 0 heterocycles. The van der Waals surface area contributed by atoms with Crippen LogP contribution in [0, 0.1) is 5.92 Å². The van der Waals surface area contributed by atoms with Gasteiger partial charge in [0, 0.05) is 10.5 Å². The molecule has 1 aromatic carbocycles. The van der Waals surface area contributed by atoms with E-state index < -0.39 is 0 Å². The third kappa shape index (κ3) is 6.01. The number of halogens is 1. The van der Waals surface area contributed by atoms with Crippen molar-refractivity contribution in [1.29, 1.82) is 0 Å². The molecule has 102 valence electrons. The number of hydrogen-bond donors (Lipinski definition) is 1. The number of rotatable bonds is 8. The largest absolute Gasteiger partial charge is 0.314 e. The van der Waals surface area contributed by atoms with Crippen LogP contribution in [0.25, 0.3) is 0 Å². The van der Waals surface area contributed by atoms with Gasteiger partial charge < -0.3 is 5.32 Å². The lowest BCUT2D eigenvalue weighted by molar-refractivity contribution is 0.391. The van der Waals surface area contributed by atoms with E-state index in [-0.39, 0.29) is 0 Å². The van der Waals surface area contributed by atoms with E-state index in [0.29, 0.717) is 6.04 Å². The van der Waals surface area contributed by atoms with Crippen LogP contribution in [0.1, 0.15) is 45.6 Å². The Morgan fingerprint density at radius 3 is 2.67 bits per heavy atom. The Labute approximate surface area is 120 Å². The fourth-order valence-corrected chi connectivity index (χ4v) is 2.63. The van der Waals surface area contributed by atoms with Crippen LogP contribution in [0.2, 0.25) is 0 Å². The highest BCUT2D eigenvalue weighted by atomic mass is 79.9. The quantitative estimate of drug-likeness (QED) is 0.727. The lowest BCUT2D eigenvalue weighted by Gasteiger charge is -2.22. The highest BCUT2D eigenvalue weighted by Crippen LogP contribution is 2.17. The van der Waals surface area contributed by atoms with Gasteiger partial charge in [0.25, 0.3) is 0 Å². The molecule has 1 rings (SSSR count). The summed E-state index contributed by atoms with van der Waals surface area (Å²) < 4.78 is 1.18. The topological polar surface area (TPSA) is 12.0 Å². The monoisotopic (exact) mass is 311 g/mol. The van der Waals surface area contributed by atoms with E-state index >= 15 is 0 Å². The Kier molecular flexibility index (Phi) is 7.60. The highest BCUT2D eigenvalue weighted by molar-refractivity contribution is 9.10. The molecule has 18 heavy (non-hydrogen) atoms. The second-order valence-corrected chi connectivity index (χ2v) is 6.15. The minimum absolute atomic E-state index is 0.606. The van der Waals surface area contributed by atoms with Crippen LogP contribution in [-0.4, -0.2) is 12.6 Å². The Balaban J connectivity index is 2.59. The summed E-state index contributed by atoms with van der Waals surface area (Å²) in [7, 11) is 0. The van der Waals surface area contributed by atoms with Gasteiger partial charge in [-0.25, -0.2) is 0 Å². The fourth-order valence-electron chi connectivity index (χ4n) is 2.19. The number of nitrogens with one attached hydrogen (secondary N) is 1. The SMILES string of the molecule is CCCNC(Cc1cccc(Br)c1)CC(C)CC. The summed E-state index contributed by atoms with van der Waals surface area (Å²) >= 11 is 3.55. The standard InChI is InChI=1S/C16H26BrN/c1-4-9-18-16(10-13(3)5-2)12-14-7-6-8-15(17)11-14/h6-8,11,13,16,18H,4-5,9-10,12H2,1-3H3. The number of benzene rings is 1. The first-order valence-corrected chi connectivity index (χ1v) is 7.92. The average Bonchev–Trinajstić information content (AvgIpc) is 2.35. The molecular formula is C16H26BrN. The maximum absolute atomic E-state index is 3.69. The molecule has 0 saturated heterocycles. The average molecular weight is 312 g/mol. The van der Waals surface area contributed by atoms with Crippen molar-refractivity contribution in [3.63, 3.8) is 0 Å². The summed E-state index contributed by atoms with van der Waals surface area (Å²) in [6.45, 7) is 7.98. The van der Waals surface area contributed by atoms with Crippen LogP contribution in [0.3, 0.4) is 0 Å². The van der Waals surface area contributed by atoms with Crippen molar-refractivity contribution in [3.05, 3.63) is 34.3 Å². The van der Waals surface area contributed by atoms with E-state index in [1.54, 1.807) is 0 Å². The molecule has 0 amide bonds. The van der Waals surface area contributed by atoms with Gasteiger partial charge in [-0.2, -0.15) is 0 Å². The zero-order valence-corrected chi connectivity index (χ0v) is 13.5. The van der Waals surface area contributed by atoms with Crippen molar-refractivity contribution in [3.8, 4) is 0 Å². The Morgan fingerprint density at radius 1 is 1.28 bits per heavy atom.